The van der Waals surface area contributed by atoms with Crippen LogP contribution in [0.2, 0.25) is 0 Å². The molecule has 0 fully saturated rings. The van der Waals surface area contributed by atoms with E-state index in [9.17, 15) is 13.6 Å². The van der Waals surface area contributed by atoms with E-state index in [0.717, 1.165) is 11.3 Å². The van der Waals surface area contributed by atoms with E-state index in [1.165, 1.54) is 60.0 Å². The molecule has 2 heterocycles. The van der Waals surface area contributed by atoms with Gasteiger partial charge in [0.2, 0.25) is 0 Å². The minimum Gasteiger partial charge on any atom is -0.455 e. The Morgan fingerprint density at radius 3 is 2.23 bits per heavy atom. The lowest BCUT2D eigenvalue weighted by Crippen LogP contribution is -2.26. The summed E-state index contributed by atoms with van der Waals surface area (Å²) in [6.07, 6.45) is 3.60. The molecule has 0 saturated carbocycles. The molecule has 5 rings (SSSR count). The highest BCUT2D eigenvalue weighted by Gasteiger charge is 2.24. The number of furan rings is 1. The number of nitrogens with zero attached hydrogens (tertiary/aromatic N) is 2. The Labute approximate surface area is 233 Å². The van der Waals surface area contributed by atoms with Gasteiger partial charge in [-0.1, -0.05) is 11.9 Å². The van der Waals surface area contributed by atoms with Crippen molar-refractivity contribution < 1.29 is 18.0 Å². The zero-order valence-electron chi connectivity index (χ0n) is 21.9. The maximum absolute atomic E-state index is 13.6. The number of carbonyl (C=O) groups excluding carboxylic acids is 1. The first-order chi connectivity index (χ1) is 19.2. The van der Waals surface area contributed by atoms with Crippen molar-refractivity contribution in [3.8, 4) is 22.5 Å². The molecule has 0 aliphatic heterocycles. The summed E-state index contributed by atoms with van der Waals surface area (Å²) in [6, 6.07) is 18.3. The molecular weight excluding hydrogens is 532 g/mol. The van der Waals surface area contributed by atoms with Crippen LogP contribution in [0.15, 0.2) is 83.4 Å². The molecule has 3 N–H and O–H groups in total. The lowest BCUT2D eigenvalue weighted by molar-refractivity contribution is 0.0964. The summed E-state index contributed by atoms with van der Waals surface area (Å²) in [6.45, 7) is 0. The van der Waals surface area contributed by atoms with Crippen molar-refractivity contribution in [1.82, 2.24) is 9.88 Å². The smallest absolute Gasteiger partial charge is 0.255 e. The third-order valence-corrected chi connectivity index (χ3v) is 7.34. The van der Waals surface area contributed by atoms with E-state index in [1.54, 1.807) is 30.5 Å². The van der Waals surface area contributed by atoms with E-state index < -0.39 is 11.6 Å². The summed E-state index contributed by atoms with van der Waals surface area (Å²) < 4.78 is 36.7. The number of hydrogen-bond donors (Lipinski definition) is 3. The van der Waals surface area contributed by atoms with Crippen LogP contribution in [-0.4, -0.2) is 36.7 Å². The van der Waals surface area contributed by atoms with Gasteiger partial charge in [-0.05, 0) is 66.7 Å². The van der Waals surface area contributed by atoms with Gasteiger partial charge in [0, 0.05) is 60.3 Å². The number of nitrogens with one attached hydrogen (secondary N) is 3. The monoisotopic (exact) mass is 557 g/mol. The Hall–Kier alpha value is -4.70. The van der Waals surface area contributed by atoms with E-state index in [-0.39, 0.29) is 17.2 Å². The van der Waals surface area contributed by atoms with E-state index in [1.807, 2.05) is 29.7 Å². The maximum Gasteiger partial charge on any atom is 0.255 e. The number of benzene rings is 3. The van der Waals surface area contributed by atoms with Crippen molar-refractivity contribution in [2.45, 2.75) is 0 Å². The van der Waals surface area contributed by atoms with Crippen LogP contribution in [0.3, 0.4) is 0 Å². The topological polar surface area (TPSA) is 98.1 Å². The van der Waals surface area contributed by atoms with Crippen molar-refractivity contribution >= 4 is 40.3 Å². The highest BCUT2D eigenvalue weighted by Crippen LogP contribution is 2.41. The largest absolute Gasteiger partial charge is 0.455 e. The van der Waals surface area contributed by atoms with Crippen molar-refractivity contribution in [3.05, 3.63) is 107 Å². The number of aromatic nitrogens is 1. The number of fused-ring (bicyclic) bond motifs is 1. The normalized spacial score (nSPS) is 11.0. The van der Waals surface area contributed by atoms with Crippen molar-refractivity contribution in [1.29, 1.82) is 10.8 Å². The molecule has 10 heteroatoms. The van der Waals surface area contributed by atoms with E-state index >= 15 is 0 Å². The van der Waals surface area contributed by atoms with Gasteiger partial charge in [0.25, 0.3) is 5.91 Å². The Morgan fingerprint density at radius 2 is 1.60 bits per heavy atom. The van der Waals surface area contributed by atoms with Gasteiger partial charge in [-0.3, -0.25) is 20.2 Å². The quantitative estimate of drug-likeness (QED) is 0.130. The first kappa shape index (κ1) is 26.9. The molecule has 0 bridgehead atoms. The van der Waals surface area contributed by atoms with Crippen LogP contribution >= 0.6 is 11.9 Å². The Morgan fingerprint density at radius 1 is 0.975 bits per heavy atom. The number of anilines is 1. The molecule has 202 valence electrons. The number of halogens is 2. The molecule has 0 atom stereocenters. The first-order valence-electron chi connectivity index (χ1n) is 12.2. The fourth-order valence-electron chi connectivity index (χ4n) is 4.47. The highest BCUT2D eigenvalue weighted by atomic mass is 32.2. The summed E-state index contributed by atoms with van der Waals surface area (Å²) in [7, 11) is 3.43. The molecule has 2 aromatic heterocycles. The van der Waals surface area contributed by atoms with Crippen LogP contribution in [0, 0.1) is 22.5 Å². The van der Waals surface area contributed by atoms with Crippen LogP contribution < -0.4 is 15.1 Å². The fraction of sp³-hybridized carbons (Fsp3) is 0.100. The Balaban J connectivity index is 1.74. The zero-order chi connectivity index (χ0) is 28.6. The number of amides is 1. The third-order valence-electron chi connectivity index (χ3n) is 6.60. The molecule has 0 saturated heterocycles. The predicted octanol–water partition coefficient (Wildman–Crippen LogP) is 6.27. The molecule has 0 unspecified atom stereocenters. The molecule has 3 aromatic carbocycles. The SMILES string of the molecule is CNC(=O)c1c(-c2ccc(F)cc2)oc2cc(N(C)SC)c(-c3ccc(=N)n(C(=N)c4ccc(F)cc4)c3)cc12. The van der Waals surface area contributed by atoms with Crippen LogP contribution in [0.1, 0.15) is 15.9 Å². The molecule has 7 nitrogen and oxygen atoms in total. The average molecular weight is 558 g/mol. The van der Waals surface area contributed by atoms with Crippen molar-refractivity contribution in [3.63, 3.8) is 0 Å². The van der Waals surface area contributed by atoms with Gasteiger partial charge in [-0.15, -0.1) is 0 Å². The summed E-state index contributed by atoms with van der Waals surface area (Å²) in [4.78, 5) is 13.1. The molecule has 0 aliphatic carbocycles. The number of pyridine rings is 1. The molecule has 0 radical (unpaired) electrons. The lowest BCUT2D eigenvalue weighted by atomic mass is 9.99. The Kier molecular flexibility index (Phi) is 7.27. The minimum absolute atomic E-state index is 0.0145. The molecule has 0 aliphatic rings. The zero-order valence-corrected chi connectivity index (χ0v) is 22.7. The third kappa shape index (κ3) is 4.89. The number of hydrogen-bond acceptors (Lipinski definition) is 6. The van der Waals surface area contributed by atoms with Crippen LogP contribution in [0.4, 0.5) is 14.5 Å². The van der Waals surface area contributed by atoms with Crippen molar-refractivity contribution in [2.24, 2.45) is 0 Å². The van der Waals surface area contributed by atoms with Gasteiger partial charge in [-0.2, -0.15) is 0 Å². The highest BCUT2D eigenvalue weighted by molar-refractivity contribution is 7.99. The van der Waals surface area contributed by atoms with Crippen molar-refractivity contribution in [2.75, 3.05) is 24.7 Å². The second-order valence-corrected chi connectivity index (χ2v) is 9.88. The van der Waals surface area contributed by atoms with Gasteiger partial charge >= 0.3 is 0 Å². The standard InChI is InChI=1S/C30H25F2N5O2S/c1-35-30(38)27-23-14-22(19-8-13-26(33)37(16-19)29(34)18-6-11-21(32)12-7-18)24(36(2)40-3)15-25(23)39-28(27)17-4-9-20(31)10-5-17/h4-16,33-34H,1-3H3,(H,35,38). The molecule has 40 heavy (non-hydrogen) atoms. The van der Waals surface area contributed by atoms with Gasteiger partial charge in [0.1, 0.15) is 34.3 Å². The molecule has 5 aromatic rings. The Bertz CT molecular complexity index is 1810. The van der Waals surface area contributed by atoms with Gasteiger partial charge in [0.05, 0.1) is 11.3 Å². The maximum atomic E-state index is 13.6. The van der Waals surface area contributed by atoms with E-state index in [2.05, 4.69) is 5.32 Å². The van der Waals surface area contributed by atoms with Gasteiger partial charge in [-0.25, -0.2) is 8.78 Å². The number of carbonyl (C=O) groups is 1. The summed E-state index contributed by atoms with van der Waals surface area (Å²) in [5.74, 6) is -0.833. The fourth-order valence-corrected chi connectivity index (χ4v) is 4.82. The van der Waals surface area contributed by atoms with Gasteiger partial charge < -0.3 is 14.0 Å². The second kappa shape index (κ2) is 10.8. The number of rotatable bonds is 6. The molecule has 0 spiro atoms. The van der Waals surface area contributed by atoms with Crippen LogP contribution in [-0.2, 0) is 0 Å². The summed E-state index contributed by atoms with van der Waals surface area (Å²) >= 11 is 1.48. The predicted molar refractivity (Wildman–Crippen MR) is 155 cm³/mol. The van der Waals surface area contributed by atoms with Gasteiger partial charge in [0.15, 0.2) is 0 Å². The minimum atomic E-state index is -0.411. The second-order valence-electron chi connectivity index (χ2n) is 8.97. The molecule has 1 amide bonds. The molecular formula is C30H25F2N5O2S. The van der Waals surface area contributed by atoms with Crippen LogP contribution in [0.5, 0.6) is 0 Å². The first-order valence-corrected chi connectivity index (χ1v) is 13.4. The summed E-state index contributed by atoms with van der Waals surface area (Å²) in [5.41, 5.74) is 4.08. The summed E-state index contributed by atoms with van der Waals surface area (Å²) in [5, 5.41) is 20.3. The average Bonchev–Trinajstić information content (AvgIpc) is 3.35. The van der Waals surface area contributed by atoms with E-state index in [4.69, 9.17) is 15.2 Å². The van der Waals surface area contributed by atoms with Crippen LogP contribution in [0.25, 0.3) is 33.4 Å². The lowest BCUT2D eigenvalue weighted by Gasteiger charge is -2.20. The van der Waals surface area contributed by atoms with E-state index in [0.29, 0.717) is 39.0 Å².